The topological polar surface area (TPSA) is 69.6 Å². The summed E-state index contributed by atoms with van der Waals surface area (Å²) in [5, 5.41) is 13.6. The van der Waals surface area contributed by atoms with Crippen LogP contribution in [0.3, 0.4) is 0 Å². The zero-order valence-corrected chi connectivity index (χ0v) is 16.1. The Labute approximate surface area is 167 Å². The number of hydrogen-bond donors (Lipinski definition) is 2. The van der Waals surface area contributed by atoms with Gasteiger partial charge in [-0.05, 0) is 29.7 Å². The average molecular weight is 407 g/mol. The van der Waals surface area contributed by atoms with E-state index < -0.39 is 11.9 Å². The van der Waals surface area contributed by atoms with Gasteiger partial charge in [-0.1, -0.05) is 59.6 Å². The van der Waals surface area contributed by atoms with Crippen molar-refractivity contribution in [2.45, 2.75) is 13.0 Å². The van der Waals surface area contributed by atoms with E-state index in [1.807, 2.05) is 30.3 Å². The fourth-order valence-corrected chi connectivity index (χ4v) is 3.84. The smallest absolute Gasteiger partial charge is 0.317 e. The summed E-state index contributed by atoms with van der Waals surface area (Å²) in [6, 6.07) is 14.5. The number of carbonyl (C=O) groups is 2. The van der Waals surface area contributed by atoms with Crippen LogP contribution in [0.15, 0.2) is 48.5 Å². The van der Waals surface area contributed by atoms with Gasteiger partial charge in [0.15, 0.2) is 0 Å². The second-order valence-electron chi connectivity index (χ2n) is 6.70. The lowest BCUT2D eigenvalue weighted by Gasteiger charge is -2.36. The molecular weight excluding hydrogens is 387 g/mol. The van der Waals surface area contributed by atoms with E-state index >= 15 is 0 Å². The molecule has 1 heterocycles. The molecule has 0 radical (unpaired) electrons. The third kappa shape index (κ3) is 4.93. The summed E-state index contributed by atoms with van der Waals surface area (Å²) in [5.41, 5.74) is 1.74. The van der Waals surface area contributed by atoms with Crippen molar-refractivity contribution < 1.29 is 14.7 Å². The minimum absolute atomic E-state index is 0.177. The lowest BCUT2D eigenvalue weighted by atomic mass is 9.85. The largest absolute Gasteiger partial charge is 0.481 e. The van der Waals surface area contributed by atoms with E-state index in [-0.39, 0.29) is 18.4 Å². The van der Waals surface area contributed by atoms with Crippen molar-refractivity contribution in [3.05, 3.63) is 69.7 Å². The number of hydrogen-bond acceptors (Lipinski definition) is 2. The highest BCUT2D eigenvalue weighted by Crippen LogP contribution is 2.28. The second-order valence-corrected chi connectivity index (χ2v) is 7.54. The molecule has 0 aromatic heterocycles. The van der Waals surface area contributed by atoms with E-state index in [1.54, 1.807) is 23.1 Å². The van der Waals surface area contributed by atoms with Crippen molar-refractivity contribution in [3.8, 4) is 0 Å². The highest BCUT2D eigenvalue weighted by atomic mass is 35.5. The normalized spacial score (nSPS) is 18.1. The van der Waals surface area contributed by atoms with Crippen LogP contribution in [0.5, 0.6) is 0 Å². The maximum Gasteiger partial charge on any atom is 0.317 e. The SMILES string of the molecule is O=C(O)C(Cc1ccc(Cl)cc1Cl)C1CNC(=O)N(Cc2ccccc2)C1. The molecule has 1 fully saturated rings. The van der Waals surface area contributed by atoms with Gasteiger partial charge in [0.25, 0.3) is 0 Å². The van der Waals surface area contributed by atoms with Crippen molar-refractivity contribution >= 4 is 35.2 Å². The van der Waals surface area contributed by atoms with Crippen molar-refractivity contribution in [2.75, 3.05) is 13.1 Å². The standard InChI is InChI=1S/C20H20Cl2N2O3/c21-16-7-6-14(18(22)9-16)8-17(19(25)26)15-10-23-20(27)24(12-15)11-13-4-2-1-3-5-13/h1-7,9,15,17H,8,10-12H2,(H,23,27)(H,25,26). The fraction of sp³-hybridized carbons (Fsp3) is 0.300. The summed E-state index contributed by atoms with van der Waals surface area (Å²) < 4.78 is 0. The molecular formula is C20H20Cl2N2O3. The molecule has 2 amide bonds. The lowest BCUT2D eigenvalue weighted by molar-refractivity contribution is -0.144. The Morgan fingerprint density at radius 3 is 2.63 bits per heavy atom. The number of aliphatic carboxylic acids is 1. The molecule has 1 saturated heterocycles. The van der Waals surface area contributed by atoms with Gasteiger partial charge < -0.3 is 15.3 Å². The number of nitrogens with one attached hydrogen (secondary N) is 1. The van der Waals surface area contributed by atoms with Gasteiger partial charge >= 0.3 is 12.0 Å². The summed E-state index contributed by atoms with van der Waals surface area (Å²) in [6.45, 7) is 1.15. The molecule has 142 valence electrons. The first-order valence-corrected chi connectivity index (χ1v) is 9.43. The van der Waals surface area contributed by atoms with Gasteiger partial charge in [-0.2, -0.15) is 0 Å². The molecule has 5 nitrogen and oxygen atoms in total. The first-order valence-electron chi connectivity index (χ1n) is 8.67. The van der Waals surface area contributed by atoms with Gasteiger partial charge in [-0.3, -0.25) is 4.79 Å². The fourth-order valence-electron chi connectivity index (χ4n) is 3.35. The van der Waals surface area contributed by atoms with E-state index in [0.29, 0.717) is 29.7 Å². The molecule has 2 atom stereocenters. The summed E-state index contributed by atoms with van der Waals surface area (Å²) in [4.78, 5) is 25.8. The van der Waals surface area contributed by atoms with E-state index in [9.17, 15) is 14.7 Å². The third-order valence-electron chi connectivity index (χ3n) is 4.82. The van der Waals surface area contributed by atoms with Gasteiger partial charge in [0.2, 0.25) is 0 Å². The van der Waals surface area contributed by atoms with Gasteiger partial charge in [0.1, 0.15) is 0 Å². The van der Waals surface area contributed by atoms with E-state index in [4.69, 9.17) is 23.2 Å². The number of urea groups is 1. The van der Waals surface area contributed by atoms with Crippen LogP contribution in [-0.2, 0) is 17.8 Å². The molecule has 0 spiro atoms. The van der Waals surface area contributed by atoms with E-state index in [2.05, 4.69) is 5.32 Å². The van der Waals surface area contributed by atoms with Gasteiger partial charge in [-0.25, -0.2) is 4.79 Å². The minimum Gasteiger partial charge on any atom is -0.481 e. The van der Waals surface area contributed by atoms with Crippen LogP contribution < -0.4 is 5.32 Å². The molecule has 27 heavy (non-hydrogen) atoms. The molecule has 1 aliphatic rings. The quantitative estimate of drug-likeness (QED) is 0.758. The first kappa shape index (κ1) is 19.5. The molecule has 2 aromatic rings. The molecule has 2 N–H and O–H groups in total. The molecule has 0 aliphatic carbocycles. The zero-order chi connectivity index (χ0) is 19.4. The van der Waals surface area contributed by atoms with Crippen molar-refractivity contribution in [2.24, 2.45) is 11.8 Å². The van der Waals surface area contributed by atoms with Gasteiger partial charge in [0, 0.05) is 35.6 Å². The minimum atomic E-state index is -0.901. The number of carboxylic acid groups (broad SMARTS) is 1. The average Bonchev–Trinajstić information content (AvgIpc) is 2.64. The first-order chi connectivity index (χ1) is 12.9. The maximum atomic E-state index is 12.2. The highest BCUT2D eigenvalue weighted by Gasteiger charge is 2.35. The Morgan fingerprint density at radius 1 is 1.22 bits per heavy atom. The Kier molecular flexibility index (Phi) is 6.24. The number of benzene rings is 2. The molecule has 1 aliphatic heterocycles. The van der Waals surface area contributed by atoms with Crippen LogP contribution in [0.25, 0.3) is 0 Å². The van der Waals surface area contributed by atoms with E-state index in [1.165, 1.54) is 0 Å². The molecule has 2 unspecified atom stereocenters. The van der Waals surface area contributed by atoms with Crippen LogP contribution in [-0.4, -0.2) is 35.1 Å². The van der Waals surface area contributed by atoms with Crippen molar-refractivity contribution in [3.63, 3.8) is 0 Å². The Bertz CT molecular complexity index is 829. The number of nitrogens with zero attached hydrogens (tertiary/aromatic N) is 1. The maximum absolute atomic E-state index is 12.2. The summed E-state index contributed by atoms with van der Waals surface area (Å²) >= 11 is 12.1. The van der Waals surface area contributed by atoms with Gasteiger partial charge in [-0.15, -0.1) is 0 Å². The third-order valence-corrected chi connectivity index (χ3v) is 5.40. The van der Waals surface area contributed by atoms with E-state index in [0.717, 1.165) is 11.1 Å². The predicted molar refractivity (Wildman–Crippen MR) is 105 cm³/mol. The van der Waals surface area contributed by atoms with Crippen LogP contribution in [0, 0.1) is 11.8 Å². The lowest BCUT2D eigenvalue weighted by Crippen LogP contribution is -2.53. The zero-order valence-electron chi connectivity index (χ0n) is 14.6. The highest BCUT2D eigenvalue weighted by molar-refractivity contribution is 6.35. The Balaban J connectivity index is 1.75. The summed E-state index contributed by atoms with van der Waals surface area (Å²) in [5.74, 6) is -1.79. The monoisotopic (exact) mass is 406 g/mol. The second kappa shape index (κ2) is 8.63. The molecule has 3 rings (SSSR count). The number of rotatable bonds is 6. The molecule has 2 aromatic carbocycles. The Hall–Kier alpha value is -2.24. The summed E-state index contributed by atoms with van der Waals surface area (Å²) in [7, 11) is 0. The number of halogens is 2. The van der Waals surface area contributed by atoms with Crippen molar-refractivity contribution in [1.29, 1.82) is 0 Å². The Morgan fingerprint density at radius 2 is 1.96 bits per heavy atom. The van der Waals surface area contributed by atoms with Crippen LogP contribution in [0.1, 0.15) is 11.1 Å². The molecule has 0 bridgehead atoms. The van der Waals surface area contributed by atoms with Crippen LogP contribution in [0.4, 0.5) is 4.79 Å². The molecule has 7 heteroatoms. The summed E-state index contributed by atoms with van der Waals surface area (Å²) in [6.07, 6.45) is 0.283. The van der Waals surface area contributed by atoms with Gasteiger partial charge in [0.05, 0.1) is 5.92 Å². The number of carboxylic acids is 1. The van der Waals surface area contributed by atoms with Crippen LogP contribution >= 0.6 is 23.2 Å². The molecule has 0 saturated carbocycles. The van der Waals surface area contributed by atoms with Crippen LogP contribution in [0.2, 0.25) is 10.0 Å². The number of amides is 2. The van der Waals surface area contributed by atoms with Crippen molar-refractivity contribution in [1.82, 2.24) is 10.2 Å². The predicted octanol–water partition coefficient (Wildman–Crippen LogP) is 4.08. The number of carbonyl (C=O) groups excluding carboxylic acids is 1.